The van der Waals surface area contributed by atoms with Gasteiger partial charge in [-0.15, -0.1) is 0 Å². The Bertz CT molecular complexity index is 219. The molecule has 86 valence electrons. The second kappa shape index (κ2) is 5.16. The third-order valence-corrected chi connectivity index (χ3v) is 4.29. The Morgan fingerprint density at radius 1 is 1.00 bits per heavy atom. The summed E-state index contributed by atoms with van der Waals surface area (Å²) in [5.74, 6) is 1.82. The maximum atomic E-state index is 2.51. The first-order chi connectivity index (χ1) is 7.29. The summed E-state index contributed by atoms with van der Waals surface area (Å²) in [7, 11) is 4.52. The van der Waals surface area contributed by atoms with E-state index in [1.165, 1.54) is 44.9 Å². The van der Waals surface area contributed by atoms with Crippen LogP contribution in [0, 0.1) is 11.8 Å². The lowest BCUT2D eigenvalue weighted by atomic mass is 9.73. The van der Waals surface area contributed by atoms with E-state index in [9.17, 15) is 0 Å². The second-order valence-electron chi connectivity index (χ2n) is 5.50. The zero-order chi connectivity index (χ0) is 10.7. The maximum Gasteiger partial charge on any atom is 0.0123 e. The van der Waals surface area contributed by atoms with Gasteiger partial charge in [0, 0.05) is 6.04 Å². The lowest BCUT2D eigenvalue weighted by molar-refractivity contribution is 0.118. The van der Waals surface area contributed by atoms with Gasteiger partial charge in [-0.2, -0.15) is 0 Å². The van der Waals surface area contributed by atoms with Crippen molar-refractivity contribution in [3.8, 4) is 0 Å². The molecule has 2 unspecified atom stereocenters. The van der Waals surface area contributed by atoms with Gasteiger partial charge < -0.3 is 4.90 Å². The number of hydrogen-bond donors (Lipinski definition) is 0. The van der Waals surface area contributed by atoms with Crippen molar-refractivity contribution in [3.05, 3.63) is 12.2 Å². The molecule has 0 radical (unpaired) electrons. The molecule has 0 saturated heterocycles. The summed E-state index contributed by atoms with van der Waals surface area (Å²) in [6, 6.07) is 0.839. The Labute approximate surface area is 94.5 Å². The molecule has 0 heterocycles. The second-order valence-corrected chi connectivity index (χ2v) is 5.50. The summed E-state index contributed by atoms with van der Waals surface area (Å²) in [6.45, 7) is 0. The molecule has 0 aromatic carbocycles. The first kappa shape index (κ1) is 11.2. The zero-order valence-electron chi connectivity index (χ0n) is 10.3. The molecular weight excluding hydrogens is 182 g/mol. The zero-order valence-corrected chi connectivity index (χ0v) is 10.3. The van der Waals surface area contributed by atoms with E-state index < -0.39 is 0 Å². The summed E-state index contributed by atoms with van der Waals surface area (Å²) in [6.07, 6.45) is 14.9. The fourth-order valence-corrected chi connectivity index (χ4v) is 3.48. The van der Waals surface area contributed by atoms with Crippen molar-refractivity contribution in [2.45, 2.75) is 51.0 Å². The summed E-state index contributed by atoms with van der Waals surface area (Å²) < 4.78 is 0. The number of nitrogens with zero attached hydrogens (tertiary/aromatic N) is 1. The molecule has 3 atom stereocenters. The van der Waals surface area contributed by atoms with Crippen molar-refractivity contribution in [2.75, 3.05) is 14.1 Å². The third kappa shape index (κ3) is 2.63. The van der Waals surface area contributed by atoms with Crippen LogP contribution in [0.3, 0.4) is 0 Å². The van der Waals surface area contributed by atoms with E-state index in [0.29, 0.717) is 0 Å². The van der Waals surface area contributed by atoms with Gasteiger partial charge in [-0.25, -0.2) is 0 Å². The quantitative estimate of drug-likeness (QED) is 0.627. The van der Waals surface area contributed by atoms with Crippen LogP contribution >= 0.6 is 0 Å². The van der Waals surface area contributed by atoms with E-state index in [1.54, 1.807) is 0 Å². The Kier molecular flexibility index (Phi) is 3.85. The van der Waals surface area contributed by atoms with Crippen molar-refractivity contribution >= 4 is 0 Å². The van der Waals surface area contributed by atoms with Gasteiger partial charge in [-0.3, -0.25) is 0 Å². The minimum atomic E-state index is 0.839. The van der Waals surface area contributed by atoms with Crippen LogP contribution in [0.15, 0.2) is 12.2 Å². The van der Waals surface area contributed by atoms with Gasteiger partial charge in [-0.1, -0.05) is 25.0 Å². The smallest absolute Gasteiger partial charge is 0.0123 e. The van der Waals surface area contributed by atoms with Gasteiger partial charge in [0.2, 0.25) is 0 Å². The van der Waals surface area contributed by atoms with Crippen molar-refractivity contribution in [2.24, 2.45) is 11.8 Å². The molecule has 0 aromatic rings. The third-order valence-electron chi connectivity index (χ3n) is 4.29. The highest BCUT2D eigenvalue weighted by molar-refractivity contribution is 4.99. The molecule has 0 aliphatic heterocycles. The average Bonchev–Trinajstić information content (AvgIpc) is 2.30. The van der Waals surface area contributed by atoms with E-state index in [0.717, 1.165) is 17.9 Å². The molecule has 2 aliphatic rings. The standard InChI is InChI=1S/C14H25N/c1-15(2)14-11-7-6-10-13(14)12-8-4-3-5-9-12/h4,8,12-14H,3,5-7,9-11H2,1-2H3/t12?,13-,14?/m0/s1. The molecule has 0 N–H and O–H groups in total. The van der Waals surface area contributed by atoms with Gasteiger partial charge in [0.25, 0.3) is 0 Å². The minimum absolute atomic E-state index is 0.839. The monoisotopic (exact) mass is 207 g/mol. The van der Waals surface area contributed by atoms with Crippen molar-refractivity contribution in [3.63, 3.8) is 0 Å². The Morgan fingerprint density at radius 3 is 2.47 bits per heavy atom. The molecule has 2 rings (SSSR count). The van der Waals surface area contributed by atoms with Gasteiger partial charge in [0.1, 0.15) is 0 Å². The Morgan fingerprint density at radius 2 is 1.80 bits per heavy atom. The van der Waals surface area contributed by atoms with Gasteiger partial charge in [0.05, 0.1) is 0 Å². The van der Waals surface area contributed by atoms with Crippen LogP contribution in [0.4, 0.5) is 0 Å². The summed E-state index contributed by atoms with van der Waals surface area (Å²) >= 11 is 0. The first-order valence-corrected chi connectivity index (χ1v) is 6.62. The van der Waals surface area contributed by atoms with Crippen LogP contribution in [0.2, 0.25) is 0 Å². The van der Waals surface area contributed by atoms with Crippen molar-refractivity contribution < 1.29 is 0 Å². The fourth-order valence-electron chi connectivity index (χ4n) is 3.48. The molecule has 0 bridgehead atoms. The van der Waals surface area contributed by atoms with Crippen LogP contribution in [-0.4, -0.2) is 25.0 Å². The summed E-state index contributed by atoms with van der Waals surface area (Å²) in [4.78, 5) is 2.46. The van der Waals surface area contributed by atoms with Gasteiger partial charge >= 0.3 is 0 Å². The van der Waals surface area contributed by atoms with Gasteiger partial charge in [0.15, 0.2) is 0 Å². The highest BCUT2D eigenvalue weighted by atomic mass is 15.1. The van der Waals surface area contributed by atoms with E-state index in [4.69, 9.17) is 0 Å². The number of hydrogen-bond acceptors (Lipinski definition) is 1. The summed E-state index contributed by atoms with van der Waals surface area (Å²) in [5, 5.41) is 0. The van der Waals surface area contributed by atoms with Crippen LogP contribution in [0.25, 0.3) is 0 Å². The van der Waals surface area contributed by atoms with E-state index in [1.807, 2.05) is 0 Å². The lowest BCUT2D eigenvalue weighted by Gasteiger charge is -2.40. The molecule has 2 aliphatic carbocycles. The predicted octanol–water partition coefficient (Wildman–Crippen LogP) is 3.46. The highest BCUT2D eigenvalue weighted by Crippen LogP contribution is 2.37. The van der Waals surface area contributed by atoms with Crippen molar-refractivity contribution in [1.82, 2.24) is 4.90 Å². The van der Waals surface area contributed by atoms with Crippen LogP contribution < -0.4 is 0 Å². The SMILES string of the molecule is CN(C)C1CCCC[C@H]1C1C=CCCC1. The minimum Gasteiger partial charge on any atom is -0.306 e. The van der Waals surface area contributed by atoms with Crippen molar-refractivity contribution in [1.29, 1.82) is 0 Å². The van der Waals surface area contributed by atoms with Crippen LogP contribution in [0.5, 0.6) is 0 Å². The molecular formula is C14H25N. The van der Waals surface area contributed by atoms with E-state index in [2.05, 4.69) is 31.1 Å². The maximum absolute atomic E-state index is 2.51. The van der Waals surface area contributed by atoms with E-state index >= 15 is 0 Å². The first-order valence-electron chi connectivity index (χ1n) is 6.62. The van der Waals surface area contributed by atoms with Gasteiger partial charge in [-0.05, 0) is 58.0 Å². The van der Waals surface area contributed by atoms with E-state index in [-0.39, 0.29) is 0 Å². The lowest BCUT2D eigenvalue weighted by Crippen LogP contribution is -2.41. The molecule has 1 nitrogen and oxygen atoms in total. The highest BCUT2D eigenvalue weighted by Gasteiger charge is 2.31. The number of rotatable bonds is 2. The number of allylic oxidation sites excluding steroid dienone is 2. The Hall–Kier alpha value is -0.300. The molecule has 0 spiro atoms. The molecule has 15 heavy (non-hydrogen) atoms. The average molecular weight is 207 g/mol. The molecule has 0 aromatic heterocycles. The largest absolute Gasteiger partial charge is 0.306 e. The van der Waals surface area contributed by atoms with Crippen LogP contribution in [0.1, 0.15) is 44.9 Å². The molecule has 1 fully saturated rings. The molecule has 1 heteroatoms. The normalized spacial score (nSPS) is 37.1. The summed E-state index contributed by atoms with van der Waals surface area (Å²) in [5.41, 5.74) is 0. The predicted molar refractivity (Wildman–Crippen MR) is 65.9 cm³/mol. The topological polar surface area (TPSA) is 3.24 Å². The fraction of sp³-hybridized carbons (Fsp3) is 0.857. The van der Waals surface area contributed by atoms with Crippen LogP contribution in [-0.2, 0) is 0 Å². The molecule has 0 amide bonds. The molecule has 1 saturated carbocycles. The Balaban J connectivity index is 2.03.